The van der Waals surface area contributed by atoms with Crippen molar-refractivity contribution in [2.45, 2.75) is 26.2 Å². The molecule has 0 N–H and O–H groups in total. The summed E-state index contributed by atoms with van der Waals surface area (Å²) in [4.78, 5) is 0. The molecule has 1 rings (SSSR count). The van der Waals surface area contributed by atoms with Crippen LogP contribution in [0.4, 0.5) is 0 Å². The molecule has 0 saturated carbocycles. The predicted octanol–water partition coefficient (Wildman–Crippen LogP) is 2.84. The van der Waals surface area contributed by atoms with Gasteiger partial charge in [-0.1, -0.05) is 25.5 Å². The van der Waals surface area contributed by atoms with Crippen LogP contribution in [0, 0.1) is 6.07 Å². The fraction of sp³-hybridized carbons (Fsp3) is 0.455. The first-order valence-corrected chi connectivity index (χ1v) is 4.41. The fourth-order valence-electron chi connectivity index (χ4n) is 1.14. The van der Waals surface area contributed by atoms with E-state index in [2.05, 4.69) is 25.1 Å². The van der Waals surface area contributed by atoms with Crippen molar-refractivity contribution < 1.29 is 4.74 Å². The lowest BCUT2D eigenvalue weighted by atomic mass is 10.1. The molecule has 0 fully saturated rings. The van der Waals surface area contributed by atoms with E-state index in [1.807, 2.05) is 6.07 Å². The molecule has 0 aliphatic rings. The average molecular weight is 163 g/mol. The second-order valence-electron chi connectivity index (χ2n) is 2.87. The molecule has 12 heavy (non-hydrogen) atoms. The minimum absolute atomic E-state index is 0.837. The molecule has 0 aromatic heterocycles. The molecule has 1 nitrogen and oxygen atoms in total. The van der Waals surface area contributed by atoms with Crippen LogP contribution in [0.3, 0.4) is 0 Å². The number of hydrogen-bond donors (Lipinski definition) is 0. The summed E-state index contributed by atoms with van der Waals surface area (Å²) in [5, 5.41) is 0. The minimum Gasteiger partial charge on any atom is -0.496 e. The molecule has 0 bridgehead atoms. The highest BCUT2D eigenvalue weighted by atomic mass is 16.5. The lowest BCUT2D eigenvalue weighted by molar-refractivity contribution is 0.413. The summed E-state index contributed by atoms with van der Waals surface area (Å²) in [5.41, 5.74) is 1.34. The Bertz CT molecular complexity index is 230. The van der Waals surface area contributed by atoms with E-state index in [9.17, 15) is 0 Å². The highest BCUT2D eigenvalue weighted by molar-refractivity contribution is 5.27. The lowest BCUT2D eigenvalue weighted by Gasteiger charge is -2.02. The smallest absolute Gasteiger partial charge is 0.127 e. The van der Waals surface area contributed by atoms with Crippen molar-refractivity contribution in [3.63, 3.8) is 0 Å². The van der Waals surface area contributed by atoms with Crippen LogP contribution >= 0.6 is 0 Å². The van der Waals surface area contributed by atoms with Crippen molar-refractivity contribution in [3.05, 3.63) is 29.8 Å². The quantitative estimate of drug-likeness (QED) is 0.663. The van der Waals surface area contributed by atoms with Crippen molar-refractivity contribution in [2.24, 2.45) is 0 Å². The summed E-state index contributed by atoms with van der Waals surface area (Å²) >= 11 is 0. The van der Waals surface area contributed by atoms with Gasteiger partial charge in [0.1, 0.15) is 5.75 Å². The number of methoxy groups -OCH3 is 1. The van der Waals surface area contributed by atoms with Crippen LogP contribution in [-0.2, 0) is 6.42 Å². The molecule has 0 unspecified atom stereocenters. The number of aryl methyl sites for hydroxylation is 1. The van der Waals surface area contributed by atoms with Crippen molar-refractivity contribution in [1.29, 1.82) is 0 Å². The van der Waals surface area contributed by atoms with Gasteiger partial charge < -0.3 is 4.74 Å². The van der Waals surface area contributed by atoms with Gasteiger partial charge in [0.05, 0.1) is 7.11 Å². The molecule has 1 heteroatoms. The number of ether oxygens (including phenoxy) is 1. The Labute approximate surface area is 74.4 Å². The molecule has 0 atom stereocenters. The SMILES string of the molecule is CCCCc1cc[c]c(OC)c1. The first kappa shape index (κ1) is 9.11. The summed E-state index contributed by atoms with van der Waals surface area (Å²) in [6.45, 7) is 2.20. The monoisotopic (exact) mass is 163 g/mol. The molecule has 1 aromatic rings. The van der Waals surface area contributed by atoms with Gasteiger partial charge in [-0.2, -0.15) is 0 Å². The molecule has 0 spiro atoms. The summed E-state index contributed by atoms with van der Waals surface area (Å²) in [7, 11) is 1.68. The summed E-state index contributed by atoms with van der Waals surface area (Å²) in [6.07, 6.45) is 3.62. The van der Waals surface area contributed by atoms with Gasteiger partial charge in [-0.15, -0.1) is 0 Å². The van der Waals surface area contributed by atoms with E-state index in [0.717, 1.165) is 12.2 Å². The van der Waals surface area contributed by atoms with Gasteiger partial charge in [0.15, 0.2) is 0 Å². The molecular weight excluding hydrogens is 148 g/mol. The molecule has 0 heterocycles. The van der Waals surface area contributed by atoms with Crippen LogP contribution in [0.15, 0.2) is 18.2 Å². The van der Waals surface area contributed by atoms with Gasteiger partial charge in [-0.3, -0.25) is 0 Å². The molecule has 0 aliphatic heterocycles. The van der Waals surface area contributed by atoms with Gasteiger partial charge in [0.2, 0.25) is 0 Å². The molecule has 1 radical (unpaired) electrons. The maximum absolute atomic E-state index is 5.08. The fourth-order valence-corrected chi connectivity index (χ4v) is 1.14. The van der Waals surface area contributed by atoms with Crippen molar-refractivity contribution in [1.82, 2.24) is 0 Å². The number of rotatable bonds is 4. The highest BCUT2D eigenvalue weighted by Gasteiger charge is 1.94. The standard InChI is InChI=1S/C11H15O/c1-3-4-6-10-7-5-8-11(9-10)12-2/h5,7,9H,3-4,6H2,1-2H3. The number of hydrogen-bond acceptors (Lipinski definition) is 1. The Morgan fingerprint density at radius 3 is 3.00 bits per heavy atom. The van der Waals surface area contributed by atoms with Gasteiger partial charge in [0, 0.05) is 6.07 Å². The van der Waals surface area contributed by atoms with E-state index in [1.54, 1.807) is 7.11 Å². The van der Waals surface area contributed by atoms with Crippen LogP contribution in [0.1, 0.15) is 25.3 Å². The van der Waals surface area contributed by atoms with E-state index >= 15 is 0 Å². The molecular formula is C11H15O. The Morgan fingerprint density at radius 2 is 2.33 bits per heavy atom. The number of benzene rings is 1. The van der Waals surface area contributed by atoms with Crippen molar-refractivity contribution in [3.8, 4) is 5.75 Å². The Kier molecular flexibility index (Phi) is 3.65. The lowest BCUT2D eigenvalue weighted by Crippen LogP contribution is -1.87. The van der Waals surface area contributed by atoms with E-state index < -0.39 is 0 Å². The Hall–Kier alpha value is -0.980. The Morgan fingerprint density at radius 1 is 1.50 bits per heavy atom. The third-order valence-corrected chi connectivity index (χ3v) is 1.88. The van der Waals surface area contributed by atoms with Gasteiger partial charge in [-0.25, -0.2) is 0 Å². The normalized spacial score (nSPS) is 9.83. The maximum Gasteiger partial charge on any atom is 0.127 e. The zero-order valence-corrected chi connectivity index (χ0v) is 7.76. The minimum atomic E-state index is 0.837. The summed E-state index contributed by atoms with van der Waals surface area (Å²) in [5.74, 6) is 0.837. The third-order valence-electron chi connectivity index (χ3n) is 1.88. The molecule has 0 saturated heterocycles. The van der Waals surface area contributed by atoms with Gasteiger partial charge in [0.25, 0.3) is 0 Å². The molecule has 0 amide bonds. The van der Waals surface area contributed by atoms with Crippen LogP contribution in [0.25, 0.3) is 0 Å². The van der Waals surface area contributed by atoms with Crippen LogP contribution in [0.5, 0.6) is 5.75 Å². The highest BCUT2D eigenvalue weighted by Crippen LogP contribution is 2.13. The largest absolute Gasteiger partial charge is 0.496 e. The van der Waals surface area contributed by atoms with E-state index in [4.69, 9.17) is 4.74 Å². The topological polar surface area (TPSA) is 9.23 Å². The predicted molar refractivity (Wildman–Crippen MR) is 50.4 cm³/mol. The van der Waals surface area contributed by atoms with E-state index in [-0.39, 0.29) is 0 Å². The molecule has 1 aromatic carbocycles. The third kappa shape index (κ3) is 2.57. The first-order chi connectivity index (χ1) is 5.86. The summed E-state index contributed by atoms with van der Waals surface area (Å²) in [6, 6.07) is 9.08. The van der Waals surface area contributed by atoms with Crippen LogP contribution < -0.4 is 4.74 Å². The van der Waals surface area contributed by atoms with Crippen molar-refractivity contribution in [2.75, 3.05) is 7.11 Å². The average Bonchev–Trinajstić information content (AvgIpc) is 2.15. The second-order valence-corrected chi connectivity index (χ2v) is 2.87. The maximum atomic E-state index is 5.08. The van der Waals surface area contributed by atoms with E-state index in [1.165, 1.54) is 18.4 Å². The molecule has 65 valence electrons. The molecule has 0 aliphatic carbocycles. The van der Waals surface area contributed by atoms with Crippen LogP contribution in [0.2, 0.25) is 0 Å². The van der Waals surface area contributed by atoms with Gasteiger partial charge in [-0.05, 0) is 24.5 Å². The second kappa shape index (κ2) is 4.81. The van der Waals surface area contributed by atoms with Crippen molar-refractivity contribution >= 4 is 0 Å². The van der Waals surface area contributed by atoms with E-state index in [0.29, 0.717) is 0 Å². The zero-order valence-electron chi connectivity index (χ0n) is 7.76. The van der Waals surface area contributed by atoms with Gasteiger partial charge >= 0.3 is 0 Å². The summed E-state index contributed by atoms with van der Waals surface area (Å²) < 4.78 is 5.08. The Balaban J connectivity index is 2.60. The van der Waals surface area contributed by atoms with Crippen LogP contribution in [-0.4, -0.2) is 7.11 Å². The number of unbranched alkanes of at least 4 members (excludes halogenated alkanes) is 1. The first-order valence-electron chi connectivity index (χ1n) is 4.41. The zero-order chi connectivity index (χ0) is 8.81.